The maximum Gasteiger partial charge on any atom is -0.0623 e. The first-order valence-electron chi connectivity index (χ1n) is 36.2. The molecule has 0 saturated carbocycles. The first-order chi connectivity index (χ1) is 49.0. The van der Waals surface area contributed by atoms with Crippen molar-refractivity contribution in [2.45, 2.75) is 116 Å². The standard InChI is InChI=1S/C82H90Ge2N2Si4.2C6H6/c1-61-57-71(76(63-39-23-15-24-40-63)64-41-25-16-26-42-64)80(72(58-61)77(65-43-27-17-28-44-65)66-45-29-18-30-46-66)85(89(9,10)11)83-75(55-56-87(3,4)5)82(88(6,7)8)84-86(90(12,13)14)81-73(78(67-47-31-19-32-48-67)68-49-33-20-34-50-68)59-62(2)60-74(81)79(69-51-35-21-36-52-69)70-53-37-22-38-54-70;2*1-2-4-6-5-3-1/h15-54,57-60,76-79H,1-14H3;2*1-6H/b82-75+;;. The molecule has 0 saturated heterocycles. The fraction of sp³-hybridized carbons (Fsp3) is 0.191. The van der Waals surface area contributed by atoms with Crippen LogP contribution >= 0.6 is 0 Å². The molecule has 0 aromatic heterocycles. The SMILES string of the molecule is Cc1cc(C(c2ccccc2)c2ccccc2)c([N]([Ge]/[C](C#C[Si](C)(C)C)=[C](\[Ge][N](c2c(C(c3ccccc3)c3ccccc3)cc(C)cc2C(c2ccccc2)c2ccccc2)[Si](C)(C)C)[Si](C)(C)C)[Si](C)(C)C)c(C(c2ccccc2)c2ccccc2)c1.c1ccccc1.c1ccccc1. The number of allylic oxidation sites excluding steroid dienone is 1. The van der Waals surface area contributed by atoms with Crippen LogP contribution in [0.1, 0.15) is 102 Å². The predicted molar refractivity (Wildman–Crippen MR) is 455 cm³/mol. The summed E-state index contributed by atoms with van der Waals surface area (Å²) in [5.41, 5.74) is 25.6. The van der Waals surface area contributed by atoms with Gasteiger partial charge >= 0.3 is 563 Å². The van der Waals surface area contributed by atoms with E-state index in [9.17, 15) is 0 Å². The molecular formula is C94H102Ge2N2Si4. The van der Waals surface area contributed by atoms with Crippen LogP contribution in [0, 0.1) is 25.3 Å². The zero-order valence-corrected chi connectivity index (χ0v) is 70.7. The summed E-state index contributed by atoms with van der Waals surface area (Å²) in [6.45, 7) is 35.8. The Balaban J connectivity index is 0.000000845. The zero-order chi connectivity index (χ0) is 72.3. The topological polar surface area (TPSA) is 6.48 Å². The summed E-state index contributed by atoms with van der Waals surface area (Å²) in [5, 5.41) is 0. The molecule has 0 aliphatic carbocycles. The molecule has 12 aromatic rings. The average Bonchev–Trinajstić information content (AvgIpc) is 0.747. The van der Waals surface area contributed by atoms with Crippen molar-refractivity contribution in [1.82, 2.24) is 0 Å². The zero-order valence-electron chi connectivity index (χ0n) is 62.5. The van der Waals surface area contributed by atoms with Gasteiger partial charge in [0.2, 0.25) is 0 Å². The fourth-order valence-corrected chi connectivity index (χ4v) is 33.8. The van der Waals surface area contributed by atoms with Crippen molar-refractivity contribution in [1.29, 1.82) is 0 Å². The van der Waals surface area contributed by atoms with Gasteiger partial charge < -0.3 is 0 Å². The first kappa shape index (κ1) is 76.1. The normalized spacial score (nSPS) is 11.9. The summed E-state index contributed by atoms with van der Waals surface area (Å²) in [5.74, 6) is 4.29. The average molecular weight is 1520 g/mol. The number of rotatable bonds is 21. The minimum Gasteiger partial charge on any atom is -0.0623 e. The monoisotopic (exact) mass is 1520 g/mol. The van der Waals surface area contributed by atoms with E-state index >= 15 is 0 Å². The Kier molecular flexibility index (Phi) is 26.6. The Bertz CT molecular complexity index is 4180. The number of aryl methyl sites for hydroxylation is 2. The van der Waals surface area contributed by atoms with E-state index in [0.29, 0.717) is 0 Å². The van der Waals surface area contributed by atoms with Crippen LogP contribution in [-0.2, 0) is 0 Å². The predicted octanol–water partition coefficient (Wildman–Crippen LogP) is 24.6. The second-order valence-electron chi connectivity index (χ2n) is 30.6. The Hall–Kier alpha value is -8.51. The van der Waals surface area contributed by atoms with Crippen molar-refractivity contribution < 1.29 is 0 Å². The van der Waals surface area contributed by atoms with E-state index in [1.54, 1.807) is 4.03 Å². The first-order valence-corrected chi connectivity index (χ1v) is 54.0. The van der Waals surface area contributed by atoms with Gasteiger partial charge in [-0.05, 0) is 0 Å². The third-order valence-corrected chi connectivity index (χ3v) is 44.5. The number of nitrogens with zero attached hydrogens (tertiary/aromatic N) is 2. The molecule has 2 nitrogen and oxygen atoms in total. The van der Waals surface area contributed by atoms with E-state index in [-0.39, 0.29) is 23.7 Å². The number of anilines is 2. The van der Waals surface area contributed by atoms with E-state index in [2.05, 4.69) is 378 Å². The Morgan fingerprint density at radius 1 is 0.275 bits per heavy atom. The molecule has 0 fully saturated rings. The number of hydrogen-bond donors (Lipinski definition) is 0. The van der Waals surface area contributed by atoms with Gasteiger partial charge in [0.1, 0.15) is 0 Å². The third kappa shape index (κ3) is 20.4. The molecule has 12 aromatic carbocycles. The van der Waals surface area contributed by atoms with E-state index < -0.39 is 63.9 Å². The van der Waals surface area contributed by atoms with Gasteiger partial charge in [0.15, 0.2) is 0 Å². The van der Waals surface area contributed by atoms with E-state index in [0.717, 1.165) is 0 Å². The Morgan fingerprint density at radius 2 is 0.461 bits per heavy atom. The van der Waals surface area contributed by atoms with Crippen LogP contribution in [0.3, 0.4) is 0 Å². The van der Waals surface area contributed by atoms with Crippen LogP contribution in [0.4, 0.5) is 11.4 Å². The minimum atomic E-state index is -2.37. The Labute approximate surface area is 630 Å². The van der Waals surface area contributed by atoms with Gasteiger partial charge in [0.25, 0.3) is 0 Å². The van der Waals surface area contributed by atoms with Gasteiger partial charge in [-0.2, -0.15) is 0 Å². The molecule has 0 spiro atoms. The molecule has 0 heterocycles. The molecular weight excluding hydrogens is 1410 g/mol. The van der Waals surface area contributed by atoms with Crippen molar-refractivity contribution in [2.24, 2.45) is 0 Å². The van der Waals surface area contributed by atoms with Crippen molar-refractivity contribution in [3.8, 4) is 11.5 Å². The molecule has 0 unspecified atom stereocenters. The van der Waals surface area contributed by atoms with Crippen molar-refractivity contribution in [3.63, 3.8) is 0 Å². The van der Waals surface area contributed by atoms with Gasteiger partial charge in [0, 0.05) is 0 Å². The van der Waals surface area contributed by atoms with Crippen LogP contribution in [0.5, 0.6) is 0 Å². The molecule has 0 atom stereocenters. The molecule has 102 heavy (non-hydrogen) atoms. The molecule has 0 aliphatic rings. The van der Waals surface area contributed by atoms with Gasteiger partial charge in [-0.25, -0.2) is 0 Å². The summed E-state index contributed by atoms with van der Waals surface area (Å²) >= 11 is -2.32. The Morgan fingerprint density at radius 3 is 0.637 bits per heavy atom. The summed E-state index contributed by atoms with van der Waals surface area (Å²) in [7, 11) is -8.91. The largest absolute Gasteiger partial charge is 0.0623 e. The third-order valence-electron chi connectivity index (χ3n) is 18.1. The van der Waals surface area contributed by atoms with Gasteiger partial charge in [0.05, 0.1) is 0 Å². The molecule has 4 radical (unpaired) electrons. The smallest absolute Gasteiger partial charge is 0.0623 e. The van der Waals surface area contributed by atoms with E-state index in [1.807, 2.05) is 72.8 Å². The minimum absolute atomic E-state index is 0.0114. The van der Waals surface area contributed by atoms with Gasteiger partial charge in [-0.15, -0.1) is 0 Å². The van der Waals surface area contributed by atoms with Crippen LogP contribution < -0.4 is 7.05 Å². The summed E-state index contributed by atoms with van der Waals surface area (Å²) in [6, 6.07) is 125. The van der Waals surface area contributed by atoms with Crippen LogP contribution in [-0.4, -0.2) is 63.9 Å². The molecule has 0 bridgehead atoms. The maximum atomic E-state index is 4.35. The summed E-state index contributed by atoms with van der Waals surface area (Å²) in [4.78, 5) is 0. The van der Waals surface area contributed by atoms with Crippen molar-refractivity contribution in [3.05, 3.63) is 426 Å². The van der Waals surface area contributed by atoms with Gasteiger partial charge in [-0.3, -0.25) is 0 Å². The van der Waals surface area contributed by atoms with Crippen LogP contribution in [0.25, 0.3) is 0 Å². The van der Waals surface area contributed by atoms with Crippen molar-refractivity contribution in [2.75, 3.05) is 7.05 Å². The summed E-state index contributed by atoms with van der Waals surface area (Å²) in [6.07, 6.45) is 0. The quantitative estimate of drug-likeness (QED) is 0.0402. The molecule has 8 heteroatoms. The van der Waals surface area contributed by atoms with E-state index in [1.165, 1.54) is 93.7 Å². The molecule has 0 aliphatic heterocycles. The number of benzene rings is 12. The number of hydrogen-bond acceptors (Lipinski definition) is 2. The fourth-order valence-electron chi connectivity index (χ4n) is 13.5. The second kappa shape index (κ2) is 35.6. The maximum absolute atomic E-state index is 4.35. The molecule has 512 valence electrons. The molecule has 0 amide bonds. The van der Waals surface area contributed by atoms with Crippen LogP contribution in [0.2, 0.25) is 78.6 Å². The second-order valence-corrected chi connectivity index (χ2v) is 57.8. The van der Waals surface area contributed by atoms with E-state index in [4.69, 9.17) is 0 Å². The van der Waals surface area contributed by atoms with Crippen molar-refractivity contribution >= 4 is 75.3 Å². The summed E-state index contributed by atoms with van der Waals surface area (Å²) < 4.78 is 9.42. The van der Waals surface area contributed by atoms with Crippen LogP contribution in [0.15, 0.2) is 348 Å². The van der Waals surface area contributed by atoms with Gasteiger partial charge in [-0.1, -0.05) is 72.8 Å². The molecule has 12 rings (SSSR count). The molecule has 0 N–H and O–H groups in total.